The van der Waals surface area contributed by atoms with Gasteiger partial charge in [0.05, 0.1) is 0 Å². The molecule has 0 aromatic carbocycles. The summed E-state index contributed by atoms with van der Waals surface area (Å²) in [5.74, 6) is -1.20. The fraction of sp³-hybridized carbons (Fsp3) is 0.875. The summed E-state index contributed by atoms with van der Waals surface area (Å²) in [6.45, 7) is 4.29. The standard InChI is InChI=1S/C8H16O3.C8H16O2/c1-2-3-4-5-6-7-8(9)11-10;1-2-3-4-5-6-7-8(9)10/h10H,2-7H2,1H3;2-7H2,1H3,(H,9,10). The van der Waals surface area contributed by atoms with Crippen LogP contribution in [0.15, 0.2) is 0 Å². The van der Waals surface area contributed by atoms with Gasteiger partial charge in [-0.05, 0) is 12.8 Å². The molecule has 0 fully saturated rings. The van der Waals surface area contributed by atoms with Crippen LogP contribution in [0.2, 0.25) is 0 Å². The molecule has 0 saturated carbocycles. The van der Waals surface area contributed by atoms with Gasteiger partial charge < -0.3 is 9.99 Å². The Morgan fingerprint density at radius 1 is 0.762 bits per heavy atom. The molecule has 0 spiro atoms. The van der Waals surface area contributed by atoms with Crippen molar-refractivity contribution in [3.63, 3.8) is 0 Å². The molecule has 0 aromatic heterocycles. The van der Waals surface area contributed by atoms with Crippen LogP contribution >= 0.6 is 0 Å². The molecule has 0 rings (SSSR count). The van der Waals surface area contributed by atoms with Crippen molar-refractivity contribution in [2.45, 2.75) is 90.9 Å². The number of unbranched alkanes of at least 4 members (excludes halogenated alkanes) is 8. The van der Waals surface area contributed by atoms with Crippen LogP contribution in [0, 0.1) is 0 Å². The minimum atomic E-state index is -0.670. The van der Waals surface area contributed by atoms with Gasteiger partial charge in [0.2, 0.25) is 0 Å². The Morgan fingerprint density at radius 2 is 1.19 bits per heavy atom. The lowest BCUT2D eigenvalue weighted by Gasteiger charge is -1.96. The molecule has 0 radical (unpaired) electrons. The van der Waals surface area contributed by atoms with Crippen molar-refractivity contribution in [3.8, 4) is 0 Å². The van der Waals surface area contributed by atoms with Crippen LogP contribution in [0.1, 0.15) is 90.9 Å². The molecule has 2 N–H and O–H groups in total. The molecule has 0 atom stereocenters. The molecule has 0 unspecified atom stereocenters. The zero-order chi connectivity index (χ0) is 16.3. The topological polar surface area (TPSA) is 83.8 Å². The van der Waals surface area contributed by atoms with E-state index >= 15 is 0 Å². The SMILES string of the molecule is CCCCCCCC(=O)O.CCCCCCCC(=O)OO. The number of rotatable bonds is 12. The summed E-state index contributed by atoms with van der Waals surface area (Å²) in [4.78, 5) is 23.9. The minimum Gasteiger partial charge on any atom is -0.481 e. The largest absolute Gasteiger partial charge is 0.481 e. The molecule has 0 aliphatic heterocycles. The van der Waals surface area contributed by atoms with E-state index in [4.69, 9.17) is 10.4 Å². The van der Waals surface area contributed by atoms with Gasteiger partial charge in [-0.15, -0.1) is 0 Å². The van der Waals surface area contributed by atoms with Crippen LogP contribution < -0.4 is 0 Å². The maximum Gasteiger partial charge on any atom is 0.342 e. The Balaban J connectivity index is 0. The Morgan fingerprint density at radius 3 is 1.57 bits per heavy atom. The van der Waals surface area contributed by atoms with Gasteiger partial charge >= 0.3 is 11.9 Å². The Kier molecular flexibility index (Phi) is 20.0. The van der Waals surface area contributed by atoms with Crippen LogP contribution in [0.4, 0.5) is 0 Å². The number of aliphatic carboxylic acids is 1. The van der Waals surface area contributed by atoms with Crippen molar-refractivity contribution in [2.75, 3.05) is 0 Å². The second kappa shape index (κ2) is 18.9. The first-order chi connectivity index (χ1) is 10.1. The normalized spacial score (nSPS) is 9.67. The highest BCUT2D eigenvalue weighted by Gasteiger charge is 1.99. The van der Waals surface area contributed by atoms with Crippen molar-refractivity contribution >= 4 is 11.9 Å². The van der Waals surface area contributed by atoms with Gasteiger partial charge in [0.15, 0.2) is 0 Å². The molecule has 0 aromatic rings. The summed E-state index contributed by atoms with van der Waals surface area (Å²) in [7, 11) is 0. The number of hydrogen-bond acceptors (Lipinski definition) is 4. The second-order valence-electron chi connectivity index (χ2n) is 5.19. The molecule has 126 valence electrons. The average molecular weight is 304 g/mol. The first-order valence-electron chi connectivity index (χ1n) is 8.14. The lowest BCUT2D eigenvalue weighted by atomic mass is 10.1. The van der Waals surface area contributed by atoms with E-state index in [9.17, 15) is 9.59 Å². The van der Waals surface area contributed by atoms with E-state index < -0.39 is 11.9 Å². The van der Waals surface area contributed by atoms with Crippen LogP contribution in [-0.2, 0) is 14.5 Å². The van der Waals surface area contributed by atoms with Crippen LogP contribution in [0.25, 0.3) is 0 Å². The van der Waals surface area contributed by atoms with E-state index in [1.165, 1.54) is 32.1 Å². The summed E-state index contributed by atoms with van der Waals surface area (Å²) < 4.78 is 0. The van der Waals surface area contributed by atoms with E-state index in [0.29, 0.717) is 12.8 Å². The molecule has 0 saturated heterocycles. The van der Waals surface area contributed by atoms with Crippen LogP contribution in [0.5, 0.6) is 0 Å². The molecule has 5 heteroatoms. The van der Waals surface area contributed by atoms with Gasteiger partial charge in [-0.3, -0.25) is 4.79 Å². The number of carbonyl (C=O) groups is 2. The molecule has 0 aliphatic rings. The molecule has 0 aliphatic carbocycles. The first kappa shape index (κ1) is 22.2. The van der Waals surface area contributed by atoms with E-state index in [1.807, 2.05) is 0 Å². The van der Waals surface area contributed by atoms with Gasteiger partial charge in [0.25, 0.3) is 0 Å². The monoisotopic (exact) mass is 304 g/mol. The highest BCUT2D eigenvalue weighted by atomic mass is 17.1. The first-order valence-corrected chi connectivity index (χ1v) is 8.14. The summed E-state index contributed by atoms with van der Waals surface area (Å²) in [6, 6.07) is 0. The third-order valence-corrected chi connectivity index (χ3v) is 3.08. The molecule has 0 amide bonds. The number of hydrogen-bond donors (Lipinski definition) is 2. The summed E-state index contributed by atoms with van der Waals surface area (Å²) in [5.41, 5.74) is 0. The van der Waals surface area contributed by atoms with E-state index in [2.05, 4.69) is 18.7 Å². The predicted octanol–water partition coefficient (Wildman–Crippen LogP) is 4.79. The summed E-state index contributed by atoms with van der Waals surface area (Å²) in [5, 5.41) is 16.2. The van der Waals surface area contributed by atoms with Gasteiger partial charge in [0, 0.05) is 12.8 Å². The zero-order valence-electron chi connectivity index (χ0n) is 13.6. The quantitative estimate of drug-likeness (QED) is 0.307. The smallest absolute Gasteiger partial charge is 0.342 e. The number of carboxylic acid groups (broad SMARTS) is 1. The predicted molar refractivity (Wildman–Crippen MR) is 83.1 cm³/mol. The second-order valence-corrected chi connectivity index (χ2v) is 5.19. The lowest BCUT2D eigenvalue weighted by Crippen LogP contribution is -1.99. The maximum atomic E-state index is 10.4. The molecule has 21 heavy (non-hydrogen) atoms. The lowest BCUT2D eigenvalue weighted by molar-refractivity contribution is -0.234. The highest BCUT2D eigenvalue weighted by Crippen LogP contribution is 2.05. The van der Waals surface area contributed by atoms with E-state index in [-0.39, 0.29) is 0 Å². The Hall–Kier alpha value is -1.10. The summed E-state index contributed by atoms with van der Waals surface area (Å²) >= 11 is 0. The van der Waals surface area contributed by atoms with Gasteiger partial charge in [-0.2, -0.15) is 5.26 Å². The average Bonchev–Trinajstić information content (AvgIpc) is 2.47. The molecular weight excluding hydrogens is 272 g/mol. The number of carbonyl (C=O) groups excluding carboxylic acids is 1. The van der Waals surface area contributed by atoms with Gasteiger partial charge in [0.1, 0.15) is 0 Å². The minimum absolute atomic E-state index is 0.334. The molecule has 5 nitrogen and oxygen atoms in total. The van der Waals surface area contributed by atoms with E-state index in [1.54, 1.807) is 0 Å². The van der Waals surface area contributed by atoms with E-state index in [0.717, 1.165) is 32.1 Å². The van der Waals surface area contributed by atoms with Crippen molar-refractivity contribution in [3.05, 3.63) is 0 Å². The highest BCUT2D eigenvalue weighted by molar-refractivity contribution is 5.68. The fourth-order valence-corrected chi connectivity index (χ4v) is 1.80. The number of carboxylic acids is 1. The third-order valence-electron chi connectivity index (χ3n) is 3.08. The van der Waals surface area contributed by atoms with Crippen LogP contribution in [-0.4, -0.2) is 22.3 Å². The molecular formula is C16H32O5. The molecule has 0 bridgehead atoms. The Bertz CT molecular complexity index is 241. The zero-order valence-corrected chi connectivity index (χ0v) is 13.6. The Labute approximate surface area is 128 Å². The van der Waals surface area contributed by atoms with Crippen LogP contribution in [0.3, 0.4) is 0 Å². The van der Waals surface area contributed by atoms with Gasteiger partial charge in [-0.1, -0.05) is 65.2 Å². The van der Waals surface area contributed by atoms with Crippen molar-refractivity contribution in [2.24, 2.45) is 0 Å². The maximum absolute atomic E-state index is 10.4. The summed E-state index contributed by atoms with van der Waals surface area (Å²) in [6.07, 6.45) is 11.7. The molecule has 0 heterocycles. The van der Waals surface area contributed by atoms with Crippen molar-refractivity contribution in [1.29, 1.82) is 0 Å². The van der Waals surface area contributed by atoms with Crippen molar-refractivity contribution in [1.82, 2.24) is 0 Å². The fourth-order valence-electron chi connectivity index (χ4n) is 1.80. The van der Waals surface area contributed by atoms with Gasteiger partial charge in [-0.25, -0.2) is 4.79 Å². The van der Waals surface area contributed by atoms with Crippen molar-refractivity contribution < 1.29 is 24.8 Å². The third kappa shape index (κ3) is 24.3.